The van der Waals surface area contributed by atoms with Crippen LogP contribution in [0.3, 0.4) is 0 Å². The van der Waals surface area contributed by atoms with Gasteiger partial charge in [0.2, 0.25) is 11.5 Å². The zero-order valence-electron chi connectivity index (χ0n) is 8.23. The van der Waals surface area contributed by atoms with Gasteiger partial charge in [-0.25, -0.2) is 9.59 Å². The smallest absolute Gasteiger partial charge is 0.371 e. The number of rotatable bonds is 6. The summed E-state index contributed by atoms with van der Waals surface area (Å²) in [7, 11) is 0. The fourth-order valence-electron chi connectivity index (χ4n) is 0.604. The topological polar surface area (TPSA) is 110 Å². The third-order valence-corrected chi connectivity index (χ3v) is 2.11. The van der Waals surface area contributed by atoms with E-state index in [1.54, 1.807) is 6.26 Å². The maximum absolute atomic E-state index is 11.2. The van der Waals surface area contributed by atoms with Gasteiger partial charge in [-0.2, -0.15) is 11.8 Å². The summed E-state index contributed by atoms with van der Waals surface area (Å²) in [4.78, 5) is 21.4. The lowest BCUT2D eigenvalue weighted by atomic mass is 10.2. The van der Waals surface area contributed by atoms with Crippen LogP contribution in [0.25, 0.3) is 0 Å². The number of thioether (sulfide) groups is 1. The van der Waals surface area contributed by atoms with Gasteiger partial charge in [-0.05, 0) is 18.6 Å². The van der Waals surface area contributed by atoms with Crippen molar-refractivity contribution >= 4 is 23.7 Å². The SMILES string of the molecule is C=C(OC(=O)C(N)(O)CCSC)C(=O)O. The van der Waals surface area contributed by atoms with E-state index in [1.807, 2.05) is 0 Å². The lowest BCUT2D eigenvalue weighted by molar-refractivity contribution is -0.164. The molecule has 0 bridgehead atoms. The van der Waals surface area contributed by atoms with E-state index in [9.17, 15) is 14.7 Å². The molecule has 4 N–H and O–H groups in total. The first-order valence-electron chi connectivity index (χ1n) is 3.96. The molecular weight excluding hydrogens is 222 g/mol. The van der Waals surface area contributed by atoms with Gasteiger partial charge in [0, 0.05) is 6.42 Å². The minimum absolute atomic E-state index is 0.0279. The number of carboxylic acids is 1. The zero-order chi connectivity index (χ0) is 12.1. The van der Waals surface area contributed by atoms with Crippen LogP contribution >= 0.6 is 11.8 Å². The summed E-state index contributed by atoms with van der Waals surface area (Å²) < 4.78 is 4.26. The fourth-order valence-corrected chi connectivity index (χ4v) is 1.12. The molecule has 86 valence electrons. The number of aliphatic hydroxyl groups is 1. The highest BCUT2D eigenvalue weighted by molar-refractivity contribution is 7.98. The van der Waals surface area contributed by atoms with Gasteiger partial charge >= 0.3 is 11.9 Å². The Balaban J connectivity index is 4.30. The van der Waals surface area contributed by atoms with Gasteiger partial charge in [-0.15, -0.1) is 0 Å². The lowest BCUT2D eigenvalue weighted by Crippen LogP contribution is -2.49. The molecule has 0 aliphatic heterocycles. The normalized spacial score (nSPS) is 14.1. The Bertz CT molecular complexity index is 276. The molecule has 0 aromatic carbocycles. The minimum atomic E-state index is -2.18. The van der Waals surface area contributed by atoms with Crippen LogP contribution in [0.2, 0.25) is 0 Å². The van der Waals surface area contributed by atoms with E-state index < -0.39 is 23.4 Å². The maximum atomic E-state index is 11.2. The van der Waals surface area contributed by atoms with Gasteiger partial charge in [0.15, 0.2) is 0 Å². The van der Waals surface area contributed by atoms with Crippen molar-refractivity contribution in [3.8, 4) is 0 Å². The quantitative estimate of drug-likeness (QED) is 0.247. The largest absolute Gasteiger partial charge is 0.475 e. The molecule has 0 fully saturated rings. The Kier molecular flexibility index (Phi) is 5.34. The number of hydrogen-bond donors (Lipinski definition) is 3. The first-order valence-corrected chi connectivity index (χ1v) is 5.35. The summed E-state index contributed by atoms with van der Waals surface area (Å²) >= 11 is 1.38. The molecule has 0 saturated carbocycles. The first kappa shape index (κ1) is 13.9. The van der Waals surface area contributed by atoms with Crippen LogP contribution < -0.4 is 5.73 Å². The van der Waals surface area contributed by atoms with E-state index in [-0.39, 0.29) is 6.42 Å². The molecule has 1 atom stereocenters. The van der Waals surface area contributed by atoms with Crippen molar-refractivity contribution in [2.75, 3.05) is 12.0 Å². The summed E-state index contributed by atoms with van der Waals surface area (Å²) in [5.74, 6) is -3.03. The third kappa shape index (κ3) is 4.82. The van der Waals surface area contributed by atoms with Crippen molar-refractivity contribution in [1.82, 2.24) is 0 Å². The van der Waals surface area contributed by atoms with Crippen molar-refractivity contribution < 1.29 is 24.5 Å². The molecule has 0 aromatic heterocycles. The second-order valence-electron chi connectivity index (χ2n) is 2.78. The van der Waals surface area contributed by atoms with Crippen LogP contribution in [0.5, 0.6) is 0 Å². The van der Waals surface area contributed by atoms with Crippen LogP contribution in [-0.2, 0) is 14.3 Å². The second kappa shape index (κ2) is 5.74. The van der Waals surface area contributed by atoms with Crippen LogP contribution in [0.1, 0.15) is 6.42 Å². The van der Waals surface area contributed by atoms with Crippen LogP contribution in [0, 0.1) is 0 Å². The minimum Gasteiger partial charge on any atom is -0.475 e. The Morgan fingerprint density at radius 2 is 2.13 bits per heavy atom. The first-order chi connectivity index (χ1) is 6.81. The van der Waals surface area contributed by atoms with Gasteiger partial charge in [-0.3, -0.25) is 5.73 Å². The van der Waals surface area contributed by atoms with Crippen LogP contribution in [-0.4, -0.2) is 39.9 Å². The number of carbonyl (C=O) groups is 2. The number of nitrogens with two attached hydrogens (primary N) is 1. The molecule has 0 radical (unpaired) electrons. The van der Waals surface area contributed by atoms with Gasteiger partial charge in [0.05, 0.1) is 0 Å². The third-order valence-electron chi connectivity index (χ3n) is 1.50. The molecular formula is C8H13NO5S. The van der Waals surface area contributed by atoms with Gasteiger partial charge in [0.1, 0.15) is 0 Å². The highest BCUT2D eigenvalue weighted by Gasteiger charge is 2.33. The summed E-state index contributed by atoms with van der Waals surface area (Å²) in [6, 6.07) is 0. The van der Waals surface area contributed by atoms with Crippen LogP contribution in [0.4, 0.5) is 0 Å². The lowest BCUT2D eigenvalue weighted by Gasteiger charge is -2.19. The molecule has 0 rings (SSSR count). The second-order valence-corrected chi connectivity index (χ2v) is 3.77. The number of carbonyl (C=O) groups excluding carboxylic acids is 1. The highest BCUT2D eigenvalue weighted by Crippen LogP contribution is 2.11. The highest BCUT2D eigenvalue weighted by atomic mass is 32.2. The summed E-state index contributed by atoms with van der Waals surface area (Å²) in [5, 5.41) is 17.8. The number of esters is 1. The van der Waals surface area contributed by atoms with Gasteiger partial charge in [0.25, 0.3) is 0 Å². The molecule has 0 aliphatic rings. The molecule has 0 amide bonds. The van der Waals surface area contributed by atoms with E-state index in [0.29, 0.717) is 5.75 Å². The number of aliphatic carboxylic acids is 1. The number of hydrogen-bond acceptors (Lipinski definition) is 6. The van der Waals surface area contributed by atoms with E-state index in [1.165, 1.54) is 11.8 Å². The van der Waals surface area contributed by atoms with Gasteiger partial charge in [-0.1, -0.05) is 0 Å². The number of carboxylic acid groups (broad SMARTS) is 1. The van der Waals surface area contributed by atoms with Crippen molar-refractivity contribution in [2.24, 2.45) is 5.73 Å². The predicted molar refractivity (Wildman–Crippen MR) is 55.0 cm³/mol. The Morgan fingerprint density at radius 1 is 1.60 bits per heavy atom. The standard InChI is InChI=1S/C8H13NO5S/c1-5(6(10)11)14-7(12)8(9,13)3-4-15-2/h13H,1,3-4,9H2,2H3,(H,10,11). The average Bonchev–Trinajstić information content (AvgIpc) is 2.14. The van der Waals surface area contributed by atoms with E-state index >= 15 is 0 Å². The Labute approximate surface area is 91.1 Å². The molecule has 0 aliphatic carbocycles. The molecule has 7 heteroatoms. The van der Waals surface area contributed by atoms with Crippen molar-refractivity contribution in [1.29, 1.82) is 0 Å². The van der Waals surface area contributed by atoms with E-state index in [0.717, 1.165) is 0 Å². The molecule has 0 heterocycles. The fraction of sp³-hybridized carbons (Fsp3) is 0.500. The maximum Gasteiger partial charge on any atom is 0.371 e. The van der Waals surface area contributed by atoms with Crippen LogP contribution in [0.15, 0.2) is 12.3 Å². The molecule has 15 heavy (non-hydrogen) atoms. The predicted octanol–water partition coefficient (Wildman–Crippen LogP) is -0.472. The van der Waals surface area contributed by atoms with Crippen molar-refractivity contribution in [2.45, 2.75) is 12.1 Å². The summed E-state index contributed by atoms with van der Waals surface area (Å²) in [5.41, 5.74) is 3.05. The Morgan fingerprint density at radius 3 is 2.53 bits per heavy atom. The van der Waals surface area contributed by atoms with Crippen molar-refractivity contribution in [3.05, 3.63) is 12.3 Å². The van der Waals surface area contributed by atoms with Crippen molar-refractivity contribution in [3.63, 3.8) is 0 Å². The molecule has 1 unspecified atom stereocenters. The summed E-state index contributed by atoms with van der Waals surface area (Å²) in [6.07, 6.45) is 1.75. The van der Waals surface area contributed by atoms with E-state index in [4.69, 9.17) is 10.8 Å². The number of ether oxygens (including phenoxy) is 1. The monoisotopic (exact) mass is 235 g/mol. The van der Waals surface area contributed by atoms with E-state index in [2.05, 4.69) is 11.3 Å². The molecule has 0 aromatic rings. The molecule has 6 nitrogen and oxygen atoms in total. The van der Waals surface area contributed by atoms with Gasteiger partial charge < -0.3 is 14.9 Å². The Hall–Kier alpha value is -1.05. The summed E-state index contributed by atoms with van der Waals surface area (Å²) in [6.45, 7) is 2.97. The average molecular weight is 235 g/mol. The molecule has 0 spiro atoms. The molecule has 0 saturated heterocycles. The zero-order valence-corrected chi connectivity index (χ0v) is 9.04.